The van der Waals surface area contributed by atoms with E-state index in [9.17, 15) is 25.1 Å². The SMILES string of the molecule is O=C(O)/C(=C/c1cc(Br)c(O)c([N+](=O)[O-])c1)Sc1nc2ccccc2o1. The number of nitrogens with zero attached hydrogens (tertiary/aromatic N) is 2. The number of rotatable bonds is 5. The molecule has 8 nitrogen and oxygen atoms in total. The average Bonchev–Trinajstić information content (AvgIpc) is 2.99. The van der Waals surface area contributed by atoms with E-state index in [2.05, 4.69) is 20.9 Å². The molecular weight excluding hydrogens is 428 g/mol. The molecule has 0 aliphatic rings. The van der Waals surface area contributed by atoms with Gasteiger partial charge in [0, 0.05) is 6.07 Å². The molecular formula is C16H9BrN2O6S. The lowest BCUT2D eigenvalue weighted by atomic mass is 10.1. The van der Waals surface area contributed by atoms with Crippen LogP contribution in [0.3, 0.4) is 0 Å². The van der Waals surface area contributed by atoms with Crippen molar-refractivity contribution in [1.82, 2.24) is 4.98 Å². The molecule has 0 atom stereocenters. The number of carbonyl (C=O) groups is 1. The summed E-state index contributed by atoms with van der Waals surface area (Å²) in [6.07, 6.45) is 1.24. The largest absolute Gasteiger partial charge is 0.501 e. The number of nitro benzene ring substituents is 1. The minimum atomic E-state index is -1.25. The number of phenolic OH excluding ortho intramolecular Hbond substituents is 1. The number of fused-ring (bicyclic) bond motifs is 1. The van der Waals surface area contributed by atoms with Crippen molar-refractivity contribution in [2.75, 3.05) is 0 Å². The maximum absolute atomic E-state index is 11.5. The highest BCUT2D eigenvalue weighted by atomic mass is 79.9. The fraction of sp³-hybridized carbons (Fsp3) is 0. The summed E-state index contributed by atoms with van der Waals surface area (Å²) >= 11 is 3.79. The summed E-state index contributed by atoms with van der Waals surface area (Å²) in [5, 5.41) is 30.2. The molecule has 3 aromatic rings. The standard InChI is InChI=1S/C16H9BrN2O6S/c17-9-5-8(6-11(14(9)20)19(23)24)7-13(15(21)22)26-16-18-10-3-1-2-4-12(10)25-16/h1-7,20H,(H,21,22)/b13-7-. The second-order valence-electron chi connectivity index (χ2n) is 4.99. The molecule has 10 heteroatoms. The Morgan fingerprint density at radius 3 is 2.73 bits per heavy atom. The number of carboxylic acids is 1. The topological polar surface area (TPSA) is 127 Å². The molecule has 0 bridgehead atoms. The van der Waals surface area contributed by atoms with Crippen LogP contribution in [0.15, 0.2) is 55.4 Å². The number of hydrogen-bond donors (Lipinski definition) is 2. The third kappa shape index (κ3) is 3.70. The lowest BCUT2D eigenvalue weighted by Crippen LogP contribution is -1.97. The van der Waals surface area contributed by atoms with Gasteiger partial charge in [0.15, 0.2) is 5.58 Å². The highest BCUT2D eigenvalue weighted by Gasteiger charge is 2.19. The molecule has 0 spiro atoms. The monoisotopic (exact) mass is 436 g/mol. The number of para-hydroxylation sites is 2. The summed E-state index contributed by atoms with van der Waals surface area (Å²) in [6, 6.07) is 9.43. The highest BCUT2D eigenvalue weighted by Crippen LogP contribution is 2.37. The van der Waals surface area contributed by atoms with E-state index in [1.54, 1.807) is 24.3 Å². The first-order valence-corrected chi connectivity index (χ1v) is 8.61. The Morgan fingerprint density at radius 2 is 2.08 bits per heavy atom. The summed E-state index contributed by atoms with van der Waals surface area (Å²) in [6.45, 7) is 0. The normalized spacial score (nSPS) is 11.7. The predicted molar refractivity (Wildman–Crippen MR) is 97.9 cm³/mol. The zero-order valence-corrected chi connectivity index (χ0v) is 15.2. The molecule has 26 heavy (non-hydrogen) atoms. The molecule has 0 amide bonds. The highest BCUT2D eigenvalue weighted by molar-refractivity contribution is 9.10. The van der Waals surface area contributed by atoms with Gasteiger partial charge in [-0.1, -0.05) is 12.1 Å². The van der Waals surface area contributed by atoms with Gasteiger partial charge < -0.3 is 14.6 Å². The van der Waals surface area contributed by atoms with E-state index in [1.807, 2.05) is 0 Å². The van der Waals surface area contributed by atoms with Gasteiger partial charge in [0.2, 0.25) is 5.75 Å². The smallest absolute Gasteiger partial charge is 0.342 e. The van der Waals surface area contributed by atoms with E-state index in [4.69, 9.17) is 4.42 Å². The van der Waals surface area contributed by atoms with Crippen LogP contribution in [0.5, 0.6) is 5.75 Å². The van der Waals surface area contributed by atoms with Gasteiger partial charge in [-0.15, -0.1) is 0 Å². The second-order valence-corrected chi connectivity index (χ2v) is 6.84. The number of thioether (sulfide) groups is 1. The quantitative estimate of drug-likeness (QED) is 0.260. The Labute approximate surface area is 158 Å². The number of aromatic hydroxyl groups is 1. The molecule has 0 fully saturated rings. The van der Waals surface area contributed by atoms with Crippen molar-refractivity contribution >= 4 is 56.5 Å². The fourth-order valence-corrected chi connectivity index (χ4v) is 3.32. The van der Waals surface area contributed by atoms with Crippen molar-refractivity contribution in [2.45, 2.75) is 5.22 Å². The van der Waals surface area contributed by atoms with Crippen LogP contribution in [0, 0.1) is 10.1 Å². The summed E-state index contributed by atoms with van der Waals surface area (Å²) in [5.41, 5.74) is 0.787. The first-order valence-electron chi connectivity index (χ1n) is 7.00. The maximum Gasteiger partial charge on any atom is 0.342 e. The Morgan fingerprint density at radius 1 is 1.35 bits per heavy atom. The molecule has 3 rings (SSSR count). The Balaban J connectivity index is 2.00. The second kappa shape index (κ2) is 7.18. The van der Waals surface area contributed by atoms with Crippen molar-refractivity contribution in [1.29, 1.82) is 0 Å². The lowest BCUT2D eigenvalue weighted by Gasteiger charge is -2.03. The van der Waals surface area contributed by atoms with Gasteiger partial charge in [-0.05, 0) is 57.5 Å². The molecule has 132 valence electrons. The number of halogens is 1. The fourth-order valence-electron chi connectivity index (χ4n) is 2.10. The molecule has 0 unspecified atom stereocenters. The van der Waals surface area contributed by atoms with E-state index in [0.29, 0.717) is 11.1 Å². The third-order valence-electron chi connectivity index (χ3n) is 3.24. The summed E-state index contributed by atoms with van der Waals surface area (Å²) in [7, 11) is 0. The number of carboxylic acid groups (broad SMARTS) is 1. The first kappa shape index (κ1) is 18.0. The minimum Gasteiger partial charge on any atom is -0.501 e. The van der Waals surface area contributed by atoms with Gasteiger partial charge in [-0.25, -0.2) is 9.78 Å². The summed E-state index contributed by atoms with van der Waals surface area (Å²) in [4.78, 5) is 25.8. The first-order chi connectivity index (χ1) is 12.3. The summed E-state index contributed by atoms with van der Waals surface area (Å²) < 4.78 is 5.56. The Hall–Kier alpha value is -2.85. The van der Waals surface area contributed by atoms with Gasteiger partial charge >= 0.3 is 11.7 Å². The lowest BCUT2D eigenvalue weighted by molar-refractivity contribution is -0.386. The number of aromatic nitrogens is 1. The maximum atomic E-state index is 11.5. The molecule has 1 heterocycles. The van der Waals surface area contributed by atoms with Crippen molar-refractivity contribution in [3.05, 3.63) is 61.5 Å². The number of benzene rings is 2. The molecule has 0 saturated carbocycles. The molecule has 0 aliphatic heterocycles. The van der Waals surface area contributed by atoms with Crippen LogP contribution in [-0.2, 0) is 4.79 Å². The Kier molecular flexibility index (Phi) is 4.96. The Bertz CT molecular complexity index is 1030. The zero-order chi connectivity index (χ0) is 18.8. The van der Waals surface area contributed by atoms with Crippen LogP contribution < -0.4 is 0 Å². The van der Waals surface area contributed by atoms with Gasteiger partial charge in [0.25, 0.3) is 5.22 Å². The zero-order valence-electron chi connectivity index (χ0n) is 12.7. The van der Waals surface area contributed by atoms with Gasteiger partial charge in [0.05, 0.1) is 9.40 Å². The van der Waals surface area contributed by atoms with Crippen LogP contribution in [0.25, 0.3) is 17.2 Å². The molecule has 2 aromatic carbocycles. The van der Waals surface area contributed by atoms with Crippen LogP contribution in [0.1, 0.15) is 5.56 Å². The van der Waals surface area contributed by atoms with E-state index in [-0.39, 0.29) is 20.2 Å². The number of aliphatic carboxylic acids is 1. The molecule has 0 saturated heterocycles. The van der Waals surface area contributed by atoms with E-state index >= 15 is 0 Å². The van der Waals surface area contributed by atoms with Crippen molar-refractivity contribution in [3.63, 3.8) is 0 Å². The van der Waals surface area contributed by atoms with Crippen molar-refractivity contribution in [3.8, 4) is 5.75 Å². The summed E-state index contributed by atoms with van der Waals surface area (Å²) in [5.74, 6) is -1.78. The number of nitro groups is 1. The minimum absolute atomic E-state index is 0.0783. The molecule has 0 aliphatic carbocycles. The number of hydrogen-bond acceptors (Lipinski definition) is 7. The van der Waals surface area contributed by atoms with Crippen LogP contribution in [-0.4, -0.2) is 26.1 Å². The van der Waals surface area contributed by atoms with Crippen molar-refractivity contribution < 1.29 is 24.3 Å². The number of oxazole rings is 1. The average molecular weight is 437 g/mol. The number of phenols is 1. The van der Waals surface area contributed by atoms with Crippen LogP contribution in [0.4, 0.5) is 5.69 Å². The van der Waals surface area contributed by atoms with Crippen LogP contribution in [0.2, 0.25) is 0 Å². The van der Waals surface area contributed by atoms with Gasteiger partial charge in [-0.2, -0.15) is 0 Å². The van der Waals surface area contributed by atoms with Gasteiger partial charge in [-0.3, -0.25) is 10.1 Å². The van der Waals surface area contributed by atoms with E-state index in [0.717, 1.165) is 17.8 Å². The molecule has 2 N–H and O–H groups in total. The molecule has 0 radical (unpaired) electrons. The van der Waals surface area contributed by atoms with E-state index in [1.165, 1.54) is 12.1 Å². The third-order valence-corrected chi connectivity index (χ3v) is 4.71. The van der Waals surface area contributed by atoms with Crippen molar-refractivity contribution in [2.24, 2.45) is 0 Å². The van der Waals surface area contributed by atoms with Crippen LogP contribution >= 0.6 is 27.7 Å². The predicted octanol–water partition coefficient (Wildman–Crippen LogP) is 4.42. The van der Waals surface area contributed by atoms with Gasteiger partial charge in [0.1, 0.15) is 10.4 Å². The van der Waals surface area contributed by atoms with E-state index < -0.39 is 22.3 Å². The molecule has 1 aromatic heterocycles.